The van der Waals surface area contributed by atoms with E-state index in [1.807, 2.05) is 19.9 Å². The van der Waals surface area contributed by atoms with Crippen molar-refractivity contribution < 1.29 is 14.3 Å². The predicted octanol–water partition coefficient (Wildman–Crippen LogP) is 3.55. The lowest BCUT2D eigenvalue weighted by atomic mass is 10.1. The highest BCUT2D eigenvalue weighted by atomic mass is 16.5. The molecule has 0 aliphatic rings. The van der Waals surface area contributed by atoms with E-state index in [1.165, 1.54) is 7.11 Å². The monoisotopic (exact) mass is 365 g/mol. The predicted molar refractivity (Wildman–Crippen MR) is 107 cm³/mol. The van der Waals surface area contributed by atoms with E-state index in [1.54, 1.807) is 24.3 Å². The summed E-state index contributed by atoms with van der Waals surface area (Å²) in [6.07, 6.45) is 0.293. The molecule has 3 N–H and O–H groups in total. The molecule has 6 nitrogen and oxygen atoms in total. The largest absolute Gasteiger partial charge is 0.375 e. The van der Waals surface area contributed by atoms with Gasteiger partial charge in [0, 0.05) is 35.1 Å². The van der Waals surface area contributed by atoms with E-state index >= 15 is 0 Å². The quantitative estimate of drug-likeness (QED) is 0.625. The number of carbonyl (C=O) groups excluding carboxylic acids is 2. The maximum atomic E-state index is 12.5. The van der Waals surface area contributed by atoms with E-state index in [4.69, 9.17) is 4.74 Å². The van der Waals surface area contributed by atoms with Crippen molar-refractivity contribution in [2.45, 2.75) is 20.3 Å². The number of rotatable bonds is 6. The Hall–Kier alpha value is -3.12. The number of fused-ring (bicyclic) bond motifs is 1. The number of methoxy groups -OCH3 is 1. The molecule has 0 bridgehead atoms. The number of anilines is 2. The molecule has 0 saturated carbocycles. The third kappa shape index (κ3) is 4.54. The summed E-state index contributed by atoms with van der Waals surface area (Å²) in [5.41, 5.74) is 5.54. The average Bonchev–Trinajstić information content (AvgIpc) is 2.92. The minimum Gasteiger partial charge on any atom is -0.375 e. The minimum atomic E-state index is -0.223. The first kappa shape index (κ1) is 18.7. The minimum absolute atomic E-state index is 0.00192. The Morgan fingerprint density at radius 2 is 1.59 bits per heavy atom. The third-order valence-corrected chi connectivity index (χ3v) is 4.34. The first-order valence-corrected chi connectivity index (χ1v) is 8.73. The Kier molecular flexibility index (Phi) is 5.57. The van der Waals surface area contributed by atoms with Crippen molar-refractivity contribution in [3.63, 3.8) is 0 Å². The van der Waals surface area contributed by atoms with Crippen LogP contribution in [-0.2, 0) is 20.7 Å². The molecule has 2 amide bonds. The highest BCUT2D eigenvalue weighted by Crippen LogP contribution is 2.24. The maximum Gasteiger partial charge on any atom is 0.250 e. The molecule has 0 spiro atoms. The molecular formula is C21H23N3O3. The van der Waals surface area contributed by atoms with Gasteiger partial charge in [-0.05, 0) is 55.8 Å². The normalized spacial score (nSPS) is 10.8. The van der Waals surface area contributed by atoms with Crippen LogP contribution in [0.3, 0.4) is 0 Å². The third-order valence-electron chi connectivity index (χ3n) is 4.34. The van der Waals surface area contributed by atoms with E-state index in [0.717, 1.165) is 27.7 Å². The van der Waals surface area contributed by atoms with E-state index in [9.17, 15) is 9.59 Å². The van der Waals surface area contributed by atoms with Crippen molar-refractivity contribution in [1.29, 1.82) is 0 Å². The number of hydrogen-bond acceptors (Lipinski definition) is 3. The lowest BCUT2D eigenvalue weighted by Gasteiger charge is -2.08. The van der Waals surface area contributed by atoms with Crippen molar-refractivity contribution in [1.82, 2.24) is 4.98 Å². The SMILES string of the molecule is COCC(=O)Nc1ccc(NC(=O)Cc2c(C)[nH]c3ccc(C)cc23)cc1. The molecule has 27 heavy (non-hydrogen) atoms. The standard InChI is InChI=1S/C21H23N3O3/c1-13-4-9-19-18(10-13)17(14(2)22-19)11-20(25)23-15-5-7-16(8-6-15)24-21(26)12-27-3/h4-10,22H,11-12H2,1-3H3,(H,23,25)(H,24,26). The molecule has 0 saturated heterocycles. The van der Waals surface area contributed by atoms with Gasteiger partial charge in [-0.15, -0.1) is 0 Å². The Morgan fingerprint density at radius 1 is 0.963 bits per heavy atom. The number of ether oxygens (including phenoxy) is 1. The van der Waals surface area contributed by atoms with Crippen molar-refractivity contribution in [2.75, 3.05) is 24.4 Å². The second kappa shape index (κ2) is 8.05. The molecule has 1 aromatic heterocycles. The van der Waals surface area contributed by atoms with Crippen LogP contribution < -0.4 is 10.6 Å². The number of aromatic amines is 1. The van der Waals surface area contributed by atoms with Gasteiger partial charge in [0.05, 0.1) is 6.42 Å². The number of nitrogens with one attached hydrogen (secondary N) is 3. The molecule has 1 heterocycles. The number of H-pyrrole nitrogens is 1. The van der Waals surface area contributed by atoms with Gasteiger partial charge < -0.3 is 20.4 Å². The first-order valence-electron chi connectivity index (χ1n) is 8.73. The Bertz CT molecular complexity index is 974. The highest BCUT2D eigenvalue weighted by molar-refractivity contribution is 5.97. The summed E-state index contributed by atoms with van der Waals surface area (Å²) in [4.78, 5) is 27.3. The second-order valence-electron chi connectivity index (χ2n) is 6.56. The molecular weight excluding hydrogens is 342 g/mol. The van der Waals surface area contributed by atoms with Crippen molar-refractivity contribution >= 4 is 34.1 Å². The topological polar surface area (TPSA) is 83.2 Å². The van der Waals surface area contributed by atoms with Crippen LogP contribution in [0.25, 0.3) is 10.9 Å². The van der Waals surface area contributed by atoms with Crippen LogP contribution in [-0.4, -0.2) is 30.5 Å². The van der Waals surface area contributed by atoms with Gasteiger partial charge in [-0.1, -0.05) is 11.6 Å². The number of carbonyl (C=O) groups is 2. The van der Waals surface area contributed by atoms with Gasteiger partial charge in [0.2, 0.25) is 11.8 Å². The number of aromatic nitrogens is 1. The van der Waals surface area contributed by atoms with Gasteiger partial charge in [-0.3, -0.25) is 9.59 Å². The molecule has 3 rings (SSSR count). The zero-order valence-corrected chi connectivity index (χ0v) is 15.7. The lowest BCUT2D eigenvalue weighted by molar-refractivity contribution is -0.119. The van der Waals surface area contributed by atoms with Crippen molar-refractivity contribution in [3.8, 4) is 0 Å². The van der Waals surface area contributed by atoms with Crippen LogP contribution in [0, 0.1) is 13.8 Å². The summed E-state index contributed by atoms with van der Waals surface area (Å²) in [5, 5.41) is 6.70. The summed E-state index contributed by atoms with van der Waals surface area (Å²) >= 11 is 0. The molecule has 0 aliphatic heterocycles. The Morgan fingerprint density at radius 3 is 2.22 bits per heavy atom. The number of hydrogen-bond donors (Lipinski definition) is 3. The van der Waals surface area contributed by atoms with E-state index in [0.29, 0.717) is 17.8 Å². The molecule has 0 radical (unpaired) electrons. The number of amides is 2. The van der Waals surface area contributed by atoms with Crippen LogP contribution in [0.4, 0.5) is 11.4 Å². The molecule has 2 aromatic carbocycles. The zero-order chi connectivity index (χ0) is 19.4. The van der Waals surface area contributed by atoms with Crippen molar-refractivity contribution in [2.24, 2.45) is 0 Å². The fourth-order valence-electron chi connectivity index (χ4n) is 3.05. The molecule has 140 valence electrons. The molecule has 0 atom stereocenters. The molecule has 0 aliphatic carbocycles. The highest BCUT2D eigenvalue weighted by Gasteiger charge is 2.13. The summed E-state index contributed by atoms with van der Waals surface area (Å²) in [6.45, 7) is 4.02. The van der Waals surface area contributed by atoms with Crippen LogP contribution in [0.5, 0.6) is 0 Å². The van der Waals surface area contributed by atoms with Crippen LogP contribution in [0.15, 0.2) is 42.5 Å². The number of benzene rings is 2. The maximum absolute atomic E-state index is 12.5. The average molecular weight is 365 g/mol. The zero-order valence-electron chi connectivity index (χ0n) is 15.7. The van der Waals surface area contributed by atoms with Gasteiger partial charge in [0.1, 0.15) is 6.61 Å². The van der Waals surface area contributed by atoms with Gasteiger partial charge in [-0.2, -0.15) is 0 Å². The van der Waals surface area contributed by atoms with Gasteiger partial charge in [0.15, 0.2) is 0 Å². The van der Waals surface area contributed by atoms with Crippen LogP contribution in [0.1, 0.15) is 16.8 Å². The Labute approximate surface area is 157 Å². The summed E-state index contributed by atoms with van der Waals surface area (Å²) in [7, 11) is 1.47. The Balaban J connectivity index is 1.67. The van der Waals surface area contributed by atoms with Crippen LogP contribution in [0.2, 0.25) is 0 Å². The smallest absolute Gasteiger partial charge is 0.250 e. The summed E-state index contributed by atoms with van der Waals surface area (Å²) in [6, 6.07) is 13.2. The van der Waals surface area contributed by atoms with Gasteiger partial charge >= 0.3 is 0 Å². The second-order valence-corrected chi connectivity index (χ2v) is 6.56. The van der Waals surface area contributed by atoms with Gasteiger partial charge in [0.25, 0.3) is 0 Å². The van der Waals surface area contributed by atoms with Crippen molar-refractivity contribution in [3.05, 3.63) is 59.3 Å². The molecule has 0 unspecified atom stereocenters. The summed E-state index contributed by atoms with van der Waals surface area (Å²) < 4.78 is 4.78. The van der Waals surface area contributed by atoms with E-state index in [2.05, 4.69) is 27.8 Å². The molecule has 0 fully saturated rings. The van der Waals surface area contributed by atoms with E-state index in [-0.39, 0.29) is 18.4 Å². The number of aryl methyl sites for hydroxylation is 2. The lowest BCUT2D eigenvalue weighted by Crippen LogP contribution is -2.17. The van der Waals surface area contributed by atoms with E-state index < -0.39 is 0 Å². The fraction of sp³-hybridized carbons (Fsp3) is 0.238. The first-order chi connectivity index (χ1) is 13.0. The molecule has 3 aromatic rings. The van der Waals surface area contributed by atoms with Gasteiger partial charge in [-0.25, -0.2) is 0 Å². The molecule has 6 heteroatoms. The fourth-order valence-corrected chi connectivity index (χ4v) is 3.05. The summed E-state index contributed by atoms with van der Waals surface area (Å²) in [5.74, 6) is -0.309. The van der Waals surface area contributed by atoms with Crippen LogP contribution >= 0.6 is 0 Å².